The quantitative estimate of drug-likeness (QED) is 0.767. The van der Waals surface area contributed by atoms with Crippen LogP contribution in [-0.4, -0.2) is 33.1 Å². The second-order valence-corrected chi connectivity index (χ2v) is 5.11. The van der Waals surface area contributed by atoms with Crippen LogP contribution in [0.15, 0.2) is 24.3 Å². The molecule has 1 aliphatic carbocycles. The first-order chi connectivity index (χ1) is 9.73. The Balaban J connectivity index is 1.78. The van der Waals surface area contributed by atoms with Crippen molar-refractivity contribution in [1.29, 1.82) is 0 Å². The molecule has 7 heteroatoms. The molecule has 3 rings (SSSR count). The molecule has 1 aliphatic rings. The van der Waals surface area contributed by atoms with Crippen LogP contribution in [0, 0.1) is 5.41 Å². The minimum absolute atomic E-state index is 0.00323. The normalized spacial score (nSPS) is 16.4. The summed E-state index contributed by atoms with van der Waals surface area (Å²) in [5.41, 5.74) is 6.87. The first-order valence-corrected chi connectivity index (χ1v) is 6.59. The van der Waals surface area contributed by atoms with E-state index in [2.05, 4.69) is 25.9 Å². The third-order valence-corrected chi connectivity index (χ3v) is 3.91. The SMILES string of the molecule is NCC1(C(=O)Nc2cccc(-c3nn[nH]n3)c2)CCC1. The lowest BCUT2D eigenvalue weighted by Gasteiger charge is -2.39. The Labute approximate surface area is 115 Å². The van der Waals surface area contributed by atoms with Gasteiger partial charge in [-0.05, 0) is 30.2 Å². The van der Waals surface area contributed by atoms with Crippen LogP contribution in [-0.2, 0) is 4.79 Å². The third-order valence-electron chi connectivity index (χ3n) is 3.91. The minimum atomic E-state index is -0.387. The maximum absolute atomic E-state index is 12.3. The average Bonchev–Trinajstić information content (AvgIpc) is 2.92. The van der Waals surface area contributed by atoms with E-state index in [4.69, 9.17) is 5.73 Å². The molecule has 0 spiro atoms. The molecule has 20 heavy (non-hydrogen) atoms. The summed E-state index contributed by atoms with van der Waals surface area (Å²) >= 11 is 0. The molecular formula is C13H16N6O. The zero-order valence-electron chi connectivity index (χ0n) is 11.0. The van der Waals surface area contributed by atoms with Gasteiger partial charge in [-0.3, -0.25) is 4.79 Å². The van der Waals surface area contributed by atoms with Crippen LogP contribution >= 0.6 is 0 Å². The summed E-state index contributed by atoms with van der Waals surface area (Å²) in [5, 5.41) is 16.7. The lowest BCUT2D eigenvalue weighted by Crippen LogP contribution is -2.47. The highest BCUT2D eigenvalue weighted by Gasteiger charge is 2.42. The smallest absolute Gasteiger partial charge is 0.231 e. The number of aromatic amines is 1. The summed E-state index contributed by atoms with van der Waals surface area (Å²) in [5.74, 6) is 0.495. The molecule has 1 saturated carbocycles. The maximum atomic E-state index is 12.3. The third kappa shape index (κ3) is 2.16. The first-order valence-electron chi connectivity index (χ1n) is 6.59. The highest BCUT2D eigenvalue weighted by atomic mass is 16.2. The predicted molar refractivity (Wildman–Crippen MR) is 73.6 cm³/mol. The molecule has 7 nitrogen and oxygen atoms in total. The number of carbonyl (C=O) groups is 1. The van der Waals surface area contributed by atoms with Gasteiger partial charge in [0.25, 0.3) is 0 Å². The van der Waals surface area contributed by atoms with Crippen molar-refractivity contribution in [3.05, 3.63) is 24.3 Å². The second-order valence-electron chi connectivity index (χ2n) is 5.11. The van der Waals surface area contributed by atoms with E-state index in [0.717, 1.165) is 30.5 Å². The highest BCUT2D eigenvalue weighted by molar-refractivity contribution is 5.96. The summed E-state index contributed by atoms with van der Waals surface area (Å²) < 4.78 is 0. The molecule has 1 fully saturated rings. The Morgan fingerprint density at radius 3 is 2.90 bits per heavy atom. The molecule has 0 aliphatic heterocycles. The molecule has 1 aromatic heterocycles. The van der Waals surface area contributed by atoms with Crippen LogP contribution in [0.1, 0.15) is 19.3 Å². The topological polar surface area (TPSA) is 110 Å². The molecule has 2 aromatic rings. The number of nitrogens with two attached hydrogens (primary N) is 1. The lowest BCUT2D eigenvalue weighted by atomic mass is 9.68. The zero-order valence-corrected chi connectivity index (χ0v) is 11.0. The molecule has 1 amide bonds. The Hall–Kier alpha value is -2.28. The fourth-order valence-electron chi connectivity index (χ4n) is 2.41. The second kappa shape index (κ2) is 5.01. The fourth-order valence-corrected chi connectivity index (χ4v) is 2.41. The molecule has 0 atom stereocenters. The summed E-state index contributed by atoms with van der Waals surface area (Å²) in [4.78, 5) is 12.3. The Morgan fingerprint density at radius 1 is 1.45 bits per heavy atom. The Kier molecular flexibility index (Phi) is 3.19. The van der Waals surface area contributed by atoms with Crippen molar-refractivity contribution in [2.45, 2.75) is 19.3 Å². The minimum Gasteiger partial charge on any atom is -0.329 e. The lowest BCUT2D eigenvalue weighted by molar-refractivity contribution is -0.129. The van der Waals surface area contributed by atoms with Gasteiger partial charge in [-0.15, -0.1) is 10.2 Å². The van der Waals surface area contributed by atoms with Gasteiger partial charge in [0.2, 0.25) is 11.7 Å². The fraction of sp³-hybridized carbons (Fsp3) is 0.385. The van der Waals surface area contributed by atoms with Crippen molar-refractivity contribution in [1.82, 2.24) is 20.6 Å². The molecule has 0 saturated heterocycles. The van der Waals surface area contributed by atoms with Gasteiger partial charge >= 0.3 is 0 Å². The van der Waals surface area contributed by atoms with E-state index in [0.29, 0.717) is 12.4 Å². The van der Waals surface area contributed by atoms with Gasteiger partial charge < -0.3 is 11.1 Å². The van der Waals surface area contributed by atoms with Gasteiger partial charge in [-0.1, -0.05) is 18.6 Å². The number of hydrogen-bond donors (Lipinski definition) is 3. The number of amides is 1. The summed E-state index contributed by atoms with van der Waals surface area (Å²) in [6.45, 7) is 0.392. The van der Waals surface area contributed by atoms with Crippen LogP contribution in [0.4, 0.5) is 5.69 Å². The summed E-state index contributed by atoms with van der Waals surface area (Å²) in [7, 11) is 0. The van der Waals surface area contributed by atoms with Gasteiger partial charge in [0.05, 0.1) is 5.41 Å². The number of carbonyl (C=O) groups excluding carboxylic acids is 1. The molecule has 4 N–H and O–H groups in total. The number of aromatic nitrogens is 4. The van der Waals surface area contributed by atoms with E-state index in [9.17, 15) is 4.79 Å². The number of anilines is 1. The number of benzene rings is 1. The van der Waals surface area contributed by atoms with Crippen molar-refractivity contribution in [3.63, 3.8) is 0 Å². The van der Waals surface area contributed by atoms with E-state index in [-0.39, 0.29) is 11.3 Å². The number of H-pyrrole nitrogens is 1. The number of nitrogens with zero attached hydrogens (tertiary/aromatic N) is 3. The molecular weight excluding hydrogens is 256 g/mol. The van der Waals surface area contributed by atoms with Crippen LogP contribution in [0.3, 0.4) is 0 Å². The molecule has 0 unspecified atom stereocenters. The van der Waals surface area contributed by atoms with Crippen LogP contribution in [0.2, 0.25) is 0 Å². The standard InChI is InChI=1S/C13H16N6O/c14-8-13(5-2-6-13)12(20)15-10-4-1-3-9(7-10)11-16-18-19-17-11/h1,3-4,7H,2,5-6,8,14H2,(H,15,20)(H,16,17,18,19). The maximum Gasteiger partial charge on any atom is 0.231 e. The van der Waals surface area contributed by atoms with Gasteiger partial charge in [0.1, 0.15) is 0 Å². The van der Waals surface area contributed by atoms with E-state index in [1.165, 1.54) is 0 Å². The van der Waals surface area contributed by atoms with Gasteiger partial charge in [-0.25, -0.2) is 0 Å². The van der Waals surface area contributed by atoms with E-state index in [1.807, 2.05) is 24.3 Å². The van der Waals surface area contributed by atoms with Crippen LogP contribution < -0.4 is 11.1 Å². The summed E-state index contributed by atoms with van der Waals surface area (Å²) in [6, 6.07) is 7.37. The van der Waals surface area contributed by atoms with E-state index < -0.39 is 0 Å². The number of nitrogens with one attached hydrogen (secondary N) is 2. The van der Waals surface area contributed by atoms with Gasteiger partial charge in [0, 0.05) is 17.8 Å². The predicted octanol–water partition coefficient (Wildman–Crippen LogP) is 0.934. The highest BCUT2D eigenvalue weighted by Crippen LogP contribution is 2.40. The Morgan fingerprint density at radius 2 is 2.30 bits per heavy atom. The molecule has 0 radical (unpaired) electrons. The van der Waals surface area contributed by atoms with Crippen LogP contribution in [0.5, 0.6) is 0 Å². The van der Waals surface area contributed by atoms with Gasteiger partial charge in [-0.2, -0.15) is 5.21 Å². The van der Waals surface area contributed by atoms with Crippen molar-refractivity contribution in [2.24, 2.45) is 11.1 Å². The molecule has 0 bridgehead atoms. The average molecular weight is 272 g/mol. The van der Waals surface area contributed by atoms with Crippen molar-refractivity contribution >= 4 is 11.6 Å². The number of tetrazole rings is 1. The van der Waals surface area contributed by atoms with Crippen LogP contribution in [0.25, 0.3) is 11.4 Å². The first kappa shape index (κ1) is 12.7. The number of rotatable bonds is 4. The largest absolute Gasteiger partial charge is 0.329 e. The molecule has 1 heterocycles. The zero-order chi connectivity index (χ0) is 14.0. The molecule has 104 valence electrons. The molecule has 1 aromatic carbocycles. The van der Waals surface area contributed by atoms with Crippen molar-refractivity contribution in [2.75, 3.05) is 11.9 Å². The van der Waals surface area contributed by atoms with Gasteiger partial charge in [0.15, 0.2) is 0 Å². The Bertz CT molecular complexity index is 600. The van der Waals surface area contributed by atoms with Crippen molar-refractivity contribution < 1.29 is 4.79 Å². The van der Waals surface area contributed by atoms with Crippen molar-refractivity contribution in [3.8, 4) is 11.4 Å². The monoisotopic (exact) mass is 272 g/mol. The van der Waals surface area contributed by atoms with E-state index in [1.54, 1.807) is 0 Å². The van der Waals surface area contributed by atoms with E-state index >= 15 is 0 Å². The summed E-state index contributed by atoms with van der Waals surface area (Å²) in [6.07, 6.45) is 2.78. The number of hydrogen-bond acceptors (Lipinski definition) is 5.